The van der Waals surface area contributed by atoms with Crippen molar-refractivity contribution < 1.29 is 13.2 Å². The first-order chi connectivity index (χ1) is 14.8. The Hall–Kier alpha value is -3.51. The smallest absolute Gasteiger partial charge is 0.263 e. The van der Waals surface area contributed by atoms with Gasteiger partial charge in [-0.2, -0.15) is 0 Å². The number of carbonyl (C=O) groups excluding carboxylic acids is 1. The number of nitrogens with one attached hydrogen (secondary N) is 1. The molecular formula is C25H22N2O3S. The predicted molar refractivity (Wildman–Crippen MR) is 124 cm³/mol. The van der Waals surface area contributed by atoms with Gasteiger partial charge in [0.05, 0.1) is 10.4 Å². The highest BCUT2D eigenvalue weighted by Gasteiger charge is 2.20. The highest BCUT2D eigenvalue weighted by Crippen LogP contribution is 2.27. The summed E-state index contributed by atoms with van der Waals surface area (Å²) < 4.78 is 28.6. The Bertz CT molecular complexity index is 1390. The highest BCUT2D eigenvalue weighted by molar-refractivity contribution is 7.92. The predicted octanol–water partition coefficient (Wildman–Crippen LogP) is 5.44. The van der Waals surface area contributed by atoms with E-state index in [0.29, 0.717) is 22.2 Å². The Morgan fingerprint density at radius 1 is 0.806 bits per heavy atom. The van der Waals surface area contributed by atoms with Crippen LogP contribution < -0.4 is 4.72 Å². The molecule has 0 spiro atoms. The van der Waals surface area contributed by atoms with E-state index in [-0.39, 0.29) is 10.7 Å². The summed E-state index contributed by atoms with van der Waals surface area (Å²) in [7, 11) is -3.76. The molecule has 1 N–H and O–H groups in total. The fourth-order valence-corrected chi connectivity index (χ4v) is 5.35. The zero-order chi connectivity index (χ0) is 22.2. The quantitative estimate of drug-likeness (QED) is 0.428. The van der Waals surface area contributed by atoms with Crippen LogP contribution in [0.25, 0.3) is 22.0 Å². The fraction of sp³-hybridized carbons (Fsp3) is 0.120. The normalized spacial score (nSPS) is 11.5. The number of aryl methyl sites for hydroxylation is 3. The van der Waals surface area contributed by atoms with Crippen LogP contribution in [-0.4, -0.2) is 19.7 Å². The SMILES string of the molecule is Cc1cc(C)c(S(=O)(=O)Nc2ccc3cc(-c4ccc(C=O)cc4)ccc3n2)c(C)c1. The summed E-state index contributed by atoms with van der Waals surface area (Å²) >= 11 is 0. The van der Waals surface area contributed by atoms with E-state index < -0.39 is 10.0 Å². The Labute approximate surface area is 181 Å². The Morgan fingerprint density at radius 2 is 1.45 bits per heavy atom. The minimum absolute atomic E-state index is 0.273. The summed E-state index contributed by atoms with van der Waals surface area (Å²) in [6.07, 6.45) is 0.816. The van der Waals surface area contributed by atoms with Gasteiger partial charge in [-0.1, -0.05) is 48.0 Å². The zero-order valence-electron chi connectivity index (χ0n) is 17.5. The lowest BCUT2D eigenvalue weighted by atomic mass is 10.0. The standard InChI is InChI=1S/C25H22N2O3S/c1-16-12-17(2)25(18(3)13-16)31(29,30)27-24-11-9-22-14-21(8-10-23(22)26-24)20-6-4-19(15-28)5-7-20/h4-15H,1-3H3,(H,26,27). The Kier molecular flexibility index (Phi) is 5.33. The first kappa shape index (κ1) is 20.8. The summed E-state index contributed by atoms with van der Waals surface area (Å²) in [5, 5.41) is 0.891. The van der Waals surface area contributed by atoms with Crippen molar-refractivity contribution in [3.05, 3.63) is 89.0 Å². The average molecular weight is 431 g/mol. The maximum absolute atomic E-state index is 13.0. The molecule has 0 aliphatic heterocycles. The van der Waals surface area contributed by atoms with Crippen LogP contribution in [-0.2, 0) is 10.0 Å². The molecule has 0 amide bonds. The van der Waals surface area contributed by atoms with Crippen molar-refractivity contribution in [1.29, 1.82) is 0 Å². The first-order valence-corrected chi connectivity index (χ1v) is 11.3. The molecule has 0 aliphatic carbocycles. The van der Waals surface area contributed by atoms with Crippen LogP contribution in [0.4, 0.5) is 5.82 Å². The highest BCUT2D eigenvalue weighted by atomic mass is 32.2. The second-order valence-electron chi connectivity index (χ2n) is 7.68. The van der Waals surface area contributed by atoms with Gasteiger partial charge in [-0.15, -0.1) is 0 Å². The third-order valence-electron chi connectivity index (χ3n) is 5.18. The van der Waals surface area contributed by atoms with Crippen molar-refractivity contribution in [3.8, 4) is 11.1 Å². The molecule has 0 saturated carbocycles. The van der Waals surface area contributed by atoms with E-state index >= 15 is 0 Å². The number of aromatic nitrogens is 1. The van der Waals surface area contributed by atoms with Gasteiger partial charge >= 0.3 is 0 Å². The molecule has 156 valence electrons. The number of sulfonamides is 1. The van der Waals surface area contributed by atoms with Crippen molar-refractivity contribution in [2.75, 3.05) is 4.72 Å². The van der Waals surface area contributed by atoms with E-state index in [2.05, 4.69) is 9.71 Å². The lowest BCUT2D eigenvalue weighted by molar-refractivity contribution is 0.112. The van der Waals surface area contributed by atoms with Crippen molar-refractivity contribution in [1.82, 2.24) is 4.98 Å². The number of rotatable bonds is 5. The Balaban J connectivity index is 1.66. The number of anilines is 1. The minimum atomic E-state index is -3.76. The lowest BCUT2D eigenvalue weighted by Gasteiger charge is -2.14. The molecule has 0 atom stereocenters. The van der Waals surface area contributed by atoms with Crippen molar-refractivity contribution in [3.63, 3.8) is 0 Å². The number of fused-ring (bicyclic) bond motifs is 1. The topological polar surface area (TPSA) is 76.1 Å². The molecule has 6 heteroatoms. The molecular weight excluding hydrogens is 408 g/mol. The molecule has 0 radical (unpaired) electrons. The molecule has 0 aliphatic rings. The van der Waals surface area contributed by atoms with Gasteiger partial charge in [0.2, 0.25) is 0 Å². The third kappa shape index (κ3) is 4.20. The largest absolute Gasteiger partial charge is 0.298 e. The molecule has 1 heterocycles. The summed E-state index contributed by atoms with van der Waals surface area (Å²) in [5.74, 6) is 0.273. The molecule has 0 fully saturated rings. The number of hydrogen-bond donors (Lipinski definition) is 1. The molecule has 5 nitrogen and oxygen atoms in total. The average Bonchev–Trinajstić information content (AvgIpc) is 2.72. The van der Waals surface area contributed by atoms with Crippen LogP contribution in [0.2, 0.25) is 0 Å². The Morgan fingerprint density at radius 3 is 2.10 bits per heavy atom. The number of carbonyl (C=O) groups is 1. The van der Waals surface area contributed by atoms with Crippen molar-refractivity contribution in [2.45, 2.75) is 25.7 Å². The van der Waals surface area contributed by atoms with E-state index in [4.69, 9.17) is 0 Å². The molecule has 0 bridgehead atoms. The lowest BCUT2D eigenvalue weighted by Crippen LogP contribution is -2.16. The maximum atomic E-state index is 13.0. The summed E-state index contributed by atoms with van der Waals surface area (Å²) in [5.41, 5.74) is 5.73. The van der Waals surface area contributed by atoms with Gasteiger partial charge in [0.15, 0.2) is 0 Å². The van der Waals surface area contributed by atoms with Gasteiger partial charge < -0.3 is 0 Å². The molecule has 4 rings (SSSR count). The summed E-state index contributed by atoms with van der Waals surface area (Å²) in [6, 6.07) is 20.4. The van der Waals surface area contributed by atoms with Crippen LogP contribution in [0, 0.1) is 20.8 Å². The number of hydrogen-bond acceptors (Lipinski definition) is 4. The van der Waals surface area contributed by atoms with Gasteiger partial charge in [0.1, 0.15) is 12.1 Å². The van der Waals surface area contributed by atoms with Gasteiger partial charge in [-0.3, -0.25) is 9.52 Å². The van der Waals surface area contributed by atoms with Crippen LogP contribution in [0.15, 0.2) is 71.6 Å². The molecule has 0 unspecified atom stereocenters. The second-order valence-corrected chi connectivity index (χ2v) is 9.30. The fourth-order valence-electron chi connectivity index (χ4n) is 3.90. The third-order valence-corrected chi connectivity index (χ3v) is 6.84. The van der Waals surface area contributed by atoms with Crippen LogP contribution in [0.5, 0.6) is 0 Å². The van der Waals surface area contributed by atoms with Gasteiger partial charge in [-0.05, 0) is 67.3 Å². The molecule has 31 heavy (non-hydrogen) atoms. The zero-order valence-corrected chi connectivity index (χ0v) is 18.3. The summed E-state index contributed by atoms with van der Waals surface area (Å²) in [6.45, 7) is 5.54. The molecule has 3 aromatic carbocycles. The molecule has 4 aromatic rings. The van der Waals surface area contributed by atoms with Gasteiger partial charge in [0.25, 0.3) is 10.0 Å². The number of aldehydes is 1. The van der Waals surface area contributed by atoms with Crippen molar-refractivity contribution >= 4 is 33.0 Å². The van der Waals surface area contributed by atoms with E-state index in [1.165, 1.54) is 0 Å². The van der Waals surface area contributed by atoms with E-state index in [1.807, 2.05) is 55.5 Å². The number of nitrogens with zero attached hydrogens (tertiary/aromatic N) is 1. The number of benzene rings is 3. The van der Waals surface area contributed by atoms with Crippen molar-refractivity contribution in [2.24, 2.45) is 0 Å². The van der Waals surface area contributed by atoms with E-state index in [1.54, 1.807) is 32.0 Å². The maximum Gasteiger partial charge on any atom is 0.263 e. The summed E-state index contributed by atoms with van der Waals surface area (Å²) in [4.78, 5) is 15.6. The number of pyridine rings is 1. The molecule has 0 saturated heterocycles. The monoisotopic (exact) mass is 430 g/mol. The van der Waals surface area contributed by atoms with Gasteiger partial charge in [-0.25, -0.2) is 13.4 Å². The first-order valence-electron chi connectivity index (χ1n) is 9.84. The minimum Gasteiger partial charge on any atom is -0.298 e. The van der Waals surface area contributed by atoms with Crippen LogP contribution >= 0.6 is 0 Å². The van der Waals surface area contributed by atoms with E-state index in [0.717, 1.165) is 28.4 Å². The van der Waals surface area contributed by atoms with E-state index in [9.17, 15) is 13.2 Å². The van der Waals surface area contributed by atoms with Crippen LogP contribution in [0.1, 0.15) is 27.0 Å². The van der Waals surface area contributed by atoms with Crippen LogP contribution in [0.3, 0.4) is 0 Å². The molecule has 1 aromatic heterocycles. The second kappa shape index (κ2) is 7.96. The van der Waals surface area contributed by atoms with Gasteiger partial charge in [0, 0.05) is 10.9 Å².